The van der Waals surface area contributed by atoms with Crippen LogP contribution in [0.2, 0.25) is 0 Å². The highest BCUT2D eigenvalue weighted by molar-refractivity contribution is 5.25. The van der Waals surface area contributed by atoms with Crippen molar-refractivity contribution in [1.82, 2.24) is 5.32 Å². The average molecular weight is 452 g/mol. The van der Waals surface area contributed by atoms with Crippen LogP contribution >= 0.6 is 0 Å². The normalized spacial score (nSPS) is 44.9. The van der Waals surface area contributed by atoms with Gasteiger partial charge in [0.25, 0.3) is 0 Å². The molecule has 4 aliphatic rings. The first-order valence-corrected chi connectivity index (χ1v) is 13.5. The van der Waals surface area contributed by atoms with Gasteiger partial charge in [-0.05, 0) is 96.5 Å². The number of hydrogen-bond donors (Lipinski definition) is 3. The van der Waals surface area contributed by atoms with E-state index in [0.717, 1.165) is 38.6 Å². The van der Waals surface area contributed by atoms with Gasteiger partial charge >= 0.3 is 0 Å². The third-order valence-corrected chi connectivity index (χ3v) is 10.9. The van der Waals surface area contributed by atoms with Crippen molar-refractivity contribution in [1.29, 1.82) is 0 Å². The standard InChI is InChI=1S/C30H45NO2/c1-18(2)21-9-7-20(8-10-21)17-31-22-12-14-30(5)24-13-15-29(4)19(3)6-11-23(29)26(24)28(33)27(32)25(30)16-22/h7-10,18,22-28,31-33H,3,6,11-17H2,1-2,4-5H3/t22-,23?,24?,25?,26?,27-,28?,29-,30-/m1/s1. The molecule has 4 saturated carbocycles. The summed E-state index contributed by atoms with van der Waals surface area (Å²) in [6.07, 6.45) is 6.70. The maximum absolute atomic E-state index is 11.4. The molecule has 5 unspecified atom stereocenters. The summed E-state index contributed by atoms with van der Waals surface area (Å²) in [5.74, 6) is 1.97. The van der Waals surface area contributed by atoms with Crippen LogP contribution in [0.3, 0.4) is 0 Å². The molecule has 0 radical (unpaired) electrons. The number of benzene rings is 1. The van der Waals surface area contributed by atoms with Crippen molar-refractivity contribution < 1.29 is 10.2 Å². The first-order chi connectivity index (χ1) is 15.6. The molecule has 0 heterocycles. The molecule has 4 fully saturated rings. The molecule has 3 nitrogen and oxygen atoms in total. The van der Waals surface area contributed by atoms with E-state index in [4.69, 9.17) is 0 Å². The van der Waals surface area contributed by atoms with Crippen LogP contribution in [0.15, 0.2) is 36.4 Å². The summed E-state index contributed by atoms with van der Waals surface area (Å²) in [4.78, 5) is 0. The first-order valence-electron chi connectivity index (χ1n) is 13.5. The SMILES string of the molecule is C=C1CCC2C3C(O)[C@H](O)C4C[C@H](NCc5ccc(C(C)C)cc5)CC[C@]4(C)C3CC[C@]12C. The van der Waals surface area contributed by atoms with Gasteiger partial charge in [-0.25, -0.2) is 0 Å². The van der Waals surface area contributed by atoms with Gasteiger partial charge in [-0.2, -0.15) is 0 Å². The summed E-state index contributed by atoms with van der Waals surface area (Å²) < 4.78 is 0. The van der Waals surface area contributed by atoms with E-state index < -0.39 is 12.2 Å². The zero-order valence-corrected chi connectivity index (χ0v) is 21.2. The highest BCUT2D eigenvalue weighted by Gasteiger charge is 2.63. The van der Waals surface area contributed by atoms with Gasteiger partial charge in [-0.15, -0.1) is 0 Å². The Morgan fingerprint density at radius 3 is 2.39 bits per heavy atom. The topological polar surface area (TPSA) is 52.5 Å². The van der Waals surface area contributed by atoms with E-state index in [0.29, 0.717) is 23.8 Å². The van der Waals surface area contributed by atoms with Crippen molar-refractivity contribution in [3.05, 3.63) is 47.5 Å². The minimum Gasteiger partial charge on any atom is -0.390 e. The highest BCUT2D eigenvalue weighted by Crippen LogP contribution is 2.67. The Morgan fingerprint density at radius 1 is 0.970 bits per heavy atom. The molecular weight excluding hydrogens is 406 g/mol. The van der Waals surface area contributed by atoms with E-state index >= 15 is 0 Å². The largest absolute Gasteiger partial charge is 0.390 e. The maximum Gasteiger partial charge on any atom is 0.0836 e. The van der Waals surface area contributed by atoms with Crippen LogP contribution in [0, 0.1) is 34.5 Å². The monoisotopic (exact) mass is 451 g/mol. The Bertz CT molecular complexity index is 878. The third-order valence-electron chi connectivity index (χ3n) is 10.9. The Balaban J connectivity index is 1.29. The molecule has 0 aromatic heterocycles. The second-order valence-electron chi connectivity index (χ2n) is 12.7. The number of aliphatic hydroxyl groups is 2. The molecular formula is C30H45NO2. The van der Waals surface area contributed by atoms with E-state index in [1.165, 1.54) is 29.5 Å². The van der Waals surface area contributed by atoms with Crippen molar-refractivity contribution >= 4 is 0 Å². The van der Waals surface area contributed by atoms with E-state index in [-0.39, 0.29) is 22.7 Å². The molecule has 1 aromatic rings. The lowest BCUT2D eigenvalue weighted by Gasteiger charge is -2.63. The average Bonchev–Trinajstić information content (AvgIpc) is 3.11. The quantitative estimate of drug-likeness (QED) is 0.507. The van der Waals surface area contributed by atoms with Crippen molar-refractivity contribution in [3.8, 4) is 0 Å². The summed E-state index contributed by atoms with van der Waals surface area (Å²) >= 11 is 0. The van der Waals surface area contributed by atoms with Gasteiger partial charge in [0.1, 0.15) is 0 Å². The molecule has 182 valence electrons. The van der Waals surface area contributed by atoms with Crippen LogP contribution in [0.1, 0.15) is 89.7 Å². The highest BCUT2D eigenvalue weighted by atomic mass is 16.3. The van der Waals surface area contributed by atoms with Gasteiger partial charge in [0.15, 0.2) is 0 Å². The Kier molecular flexibility index (Phi) is 6.07. The van der Waals surface area contributed by atoms with Gasteiger partial charge in [0.05, 0.1) is 12.2 Å². The number of hydrogen-bond acceptors (Lipinski definition) is 3. The molecule has 0 bridgehead atoms. The predicted molar refractivity (Wildman–Crippen MR) is 135 cm³/mol. The van der Waals surface area contributed by atoms with Crippen molar-refractivity contribution in [3.63, 3.8) is 0 Å². The second kappa shape index (κ2) is 8.50. The fourth-order valence-corrected chi connectivity index (χ4v) is 8.64. The molecule has 0 spiro atoms. The van der Waals surface area contributed by atoms with Gasteiger partial charge in [0, 0.05) is 12.6 Å². The molecule has 0 aliphatic heterocycles. The van der Waals surface area contributed by atoms with E-state index in [1.807, 2.05) is 0 Å². The smallest absolute Gasteiger partial charge is 0.0836 e. The summed E-state index contributed by atoms with van der Waals surface area (Å²) in [7, 11) is 0. The molecule has 3 N–H and O–H groups in total. The van der Waals surface area contributed by atoms with Crippen LogP contribution in [-0.2, 0) is 6.54 Å². The molecule has 33 heavy (non-hydrogen) atoms. The van der Waals surface area contributed by atoms with E-state index in [2.05, 4.69) is 63.9 Å². The third kappa shape index (κ3) is 3.74. The number of aliphatic hydroxyl groups excluding tert-OH is 2. The van der Waals surface area contributed by atoms with Gasteiger partial charge in [-0.1, -0.05) is 64.1 Å². The molecule has 0 amide bonds. The van der Waals surface area contributed by atoms with Crippen molar-refractivity contribution in [2.75, 3.05) is 0 Å². The van der Waals surface area contributed by atoms with Gasteiger partial charge in [-0.3, -0.25) is 0 Å². The number of allylic oxidation sites excluding steroid dienone is 1. The summed E-state index contributed by atoms with van der Waals surface area (Å²) in [6, 6.07) is 9.39. The molecule has 1 aromatic carbocycles. The van der Waals surface area contributed by atoms with Crippen LogP contribution in [0.5, 0.6) is 0 Å². The second-order valence-corrected chi connectivity index (χ2v) is 12.7. The Hall–Kier alpha value is -1.16. The maximum atomic E-state index is 11.4. The van der Waals surface area contributed by atoms with Crippen LogP contribution in [0.25, 0.3) is 0 Å². The van der Waals surface area contributed by atoms with E-state index in [9.17, 15) is 10.2 Å². The predicted octanol–water partition coefficient (Wildman–Crippen LogP) is 5.81. The lowest BCUT2D eigenvalue weighted by atomic mass is 9.43. The van der Waals surface area contributed by atoms with Crippen LogP contribution in [0.4, 0.5) is 0 Å². The van der Waals surface area contributed by atoms with Gasteiger partial charge < -0.3 is 15.5 Å². The Labute approximate surface area is 201 Å². The number of nitrogens with one attached hydrogen (secondary N) is 1. The lowest BCUT2D eigenvalue weighted by Crippen LogP contribution is -2.64. The summed E-state index contributed by atoms with van der Waals surface area (Å²) in [5.41, 5.74) is 4.38. The van der Waals surface area contributed by atoms with Crippen molar-refractivity contribution in [2.24, 2.45) is 34.5 Å². The molecule has 0 saturated heterocycles. The van der Waals surface area contributed by atoms with Crippen LogP contribution in [-0.4, -0.2) is 28.5 Å². The zero-order chi connectivity index (χ0) is 23.5. The molecule has 5 rings (SSSR count). The van der Waals surface area contributed by atoms with Gasteiger partial charge in [0.2, 0.25) is 0 Å². The Morgan fingerprint density at radius 2 is 1.70 bits per heavy atom. The zero-order valence-electron chi connectivity index (χ0n) is 21.2. The molecule has 3 heteroatoms. The number of rotatable bonds is 4. The van der Waals surface area contributed by atoms with E-state index in [1.54, 1.807) is 0 Å². The number of fused-ring (bicyclic) bond motifs is 5. The molecule has 9 atom stereocenters. The lowest BCUT2D eigenvalue weighted by molar-refractivity contribution is -0.211. The fraction of sp³-hybridized carbons (Fsp3) is 0.733. The minimum atomic E-state index is -0.609. The molecule has 4 aliphatic carbocycles. The fourth-order valence-electron chi connectivity index (χ4n) is 8.64. The summed E-state index contributed by atoms with van der Waals surface area (Å²) in [5, 5.41) is 26.7. The van der Waals surface area contributed by atoms with Crippen molar-refractivity contribution in [2.45, 2.75) is 103 Å². The minimum absolute atomic E-state index is 0.131. The van der Waals surface area contributed by atoms with Crippen LogP contribution < -0.4 is 5.32 Å². The first kappa shape index (κ1) is 23.6. The summed E-state index contributed by atoms with van der Waals surface area (Å²) in [6.45, 7) is 14.6.